The maximum absolute atomic E-state index is 12.1. The molecule has 0 radical (unpaired) electrons. The van der Waals surface area contributed by atoms with E-state index in [9.17, 15) is 4.79 Å². The molecule has 0 aliphatic heterocycles. The molecule has 0 saturated carbocycles. The molecule has 3 aromatic rings. The first-order chi connectivity index (χ1) is 9.16. The van der Waals surface area contributed by atoms with Gasteiger partial charge in [0.2, 0.25) is 5.95 Å². The molecule has 0 fully saturated rings. The number of fused-ring (bicyclic) bond motifs is 1. The zero-order valence-electron chi connectivity index (χ0n) is 10.0. The Morgan fingerprint density at radius 2 is 1.95 bits per heavy atom. The molecule has 0 aliphatic rings. The molecular weight excluding hydrogens is 264 g/mol. The fourth-order valence-corrected chi connectivity index (χ4v) is 2.12. The standard InChI is InChI=1S/C13H9ClN4O/c1-8-10-4-3-9(14)7-11(10)18(13(19)17-8)12-15-5-2-6-16-12/h2-7H,1H3. The molecule has 0 saturated heterocycles. The van der Waals surface area contributed by atoms with Gasteiger partial charge in [0.25, 0.3) is 0 Å². The summed E-state index contributed by atoms with van der Waals surface area (Å²) in [4.78, 5) is 24.3. The number of hydrogen-bond donors (Lipinski definition) is 0. The summed E-state index contributed by atoms with van der Waals surface area (Å²) in [6.07, 6.45) is 3.15. The topological polar surface area (TPSA) is 60.7 Å². The highest BCUT2D eigenvalue weighted by Crippen LogP contribution is 2.20. The first-order valence-electron chi connectivity index (χ1n) is 5.63. The third-order valence-corrected chi connectivity index (χ3v) is 3.03. The van der Waals surface area contributed by atoms with E-state index in [1.165, 1.54) is 4.57 Å². The number of aryl methyl sites for hydroxylation is 1. The van der Waals surface area contributed by atoms with Crippen molar-refractivity contribution in [1.82, 2.24) is 19.5 Å². The quantitative estimate of drug-likeness (QED) is 0.681. The van der Waals surface area contributed by atoms with Gasteiger partial charge in [0.15, 0.2) is 0 Å². The van der Waals surface area contributed by atoms with E-state index in [4.69, 9.17) is 11.6 Å². The van der Waals surface area contributed by atoms with Gasteiger partial charge in [0, 0.05) is 22.8 Å². The summed E-state index contributed by atoms with van der Waals surface area (Å²) in [5.74, 6) is 0.285. The van der Waals surface area contributed by atoms with Crippen LogP contribution in [0.1, 0.15) is 5.69 Å². The summed E-state index contributed by atoms with van der Waals surface area (Å²) in [5, 5.41) is 1.39. The number of hydrogen-bond acceptors (Lipinski definition) is 4. The van der Waals surface area contributed by atoms with Crippen LogP contribution in [0.5, 0.6) is 0 Å². The predicted octanol–water partition coefficient (Wildman–Crippen LogP) is 2.14. The van der Waals surface area contributed by atoms with Gasteiger partial charge >= 0.3 is 5.69 Å². The zero-order valence-corrected chi connectivity index (χ0v) is 10.8. The molecular formula is C13H9ClN4O. The van der Waals surface area contributed by atoms with Crippen LogP contribution in [0.2, 0.25) is 5.02 Å². The van der Waals surface area contributed by atoms with E-state index < -0.39 is 5.69 Å². The van der Waals surface area contributed by atoms with Crippen molar-refractivity contribution in [2.75, 3.05) is 0 Å². The molecule has 0 spiro atoms. The Labute approximate surface area is 113 Å². The van der Waals surface area contributed by atoms with Crippen LogP contribution in [-0.2, 0) is 0 Å². The van der Waals surface area contributed by atoms with E-state index in [1.807, 2.05) is 6.07 Å². The van der Waals surface area contributed by atoms with Gasteiger partial charge in [-0.25, -0.2) is 19.3 Å². The molecule has 6 heteroatoms. The molecule has 0 N–H and O–H groups in total. The predicted molar refractivity (Wildman–Crippen MR) is 72.7 cm³/mol. The average Bonchev–Trinajstić information content (AvgIpc) is 2.39. The summed E-state index contributed by atoms with van der Waals surface area (Å²) in [6.45, 7) is 1.79. The van der Waals surface area contributed by atoms with Crippen molar-refractivity contribution in [3.05, 3.63) is 57.9 Å². The number of halogens is 1. The van der Waals surface area contributed by atoms with Crippen molar-refractivity contribution in [3.63, 3.8) is 0 Å². The largest absolute Gasteiger partial charge is 0.355 e. The molecule has 2 heterocycles. The van der Waals surface area contributed by atoms with Crippen molar-refractivity contribution in [2.45, 2.75) is 6.92 Å². The van der Waals surface area contributed by atoms with E-state index in [2.05, 4.69) is 15.0 Å². The fourth-order valence-electron chi connectivity index (χ4n) is 1.95. The van der Waals surface area contributed by atoms with E-state index in [1.54, 1.807) is 37.5 Å². The van der Waals surface area contributed by atoms with Crippen molar-refractivity contribution in [2.24, 2.45) is 0 Å². The number of aromatic nitrogens is 4. The molecule has 5 nitrogen and oxygen atoms in total. The minimum Gasteiger partial charge on any atom is -0.245 e. The molecule has 0 unspecified atom stereocenters. The highest BCUT2D eigenvalue weighted by molar-refractivity contribution is 6.31. The number of benzene rings is 1. The average molecular weight is 273 g/mol. The molecule has 19 heavy (non-hydrogen) atoms. The minimum absolute atomic E-state index is 0.285. The van der Waals surface area contributed by atoms with Gasteiger partial charge in [-0.1, -0.05) is 11.6 Å². The third-order valence-electron chi connectivity index (χ3n) is 2.80. The SMILES string of the molecule is Cc1nc(=O)n(-c2ncccn2)c2cc(Cl)ccc12. The van der Waals surface area contributed by atoms with Crippen LogP contribution >= 0.6 is 11.6 Å². The highest BCUT2D eigenvalue weighted by atomic mass is 35.5. The van der Waals surface area contributed by atoms with Crippen molar-refractivity contribution in [3.8, 4) is 5.95 Å². The van der Waals surface area contributed by atoms with Crippen LogP contribution in [0.4, 0.5) is 0 Å². The second-order valence-electron chi connectivity index (χ2n) is 4.03. The lowest BCUT2D eigenvalue weighted by Crippen LogP contribution is -2.24. The Bertz CT molecular complexity index is 814. The Morgan fingerprint density at radius 1 is 1.21 bits per heavy atom. The van der Waals surface area contributed by atoms with Crippen LogP contribution in [0.25, 0.3) is 16.9 Å². The normalized spacial score (nSPS) is 10.8. The second kappa shape index (κ2) is 4.44. The summed E-state index contributed by atoms with van der Waals surface area (Å²) < 4.78 is 1.36. The Hall–Kier alpha value is -2.27. The zero-order chi connectivity index (χ0) is 13.4. The first-order valence-corrected chi connectivity index (χ1v) is 6.01. The molecule has 2 aromatic heterocycles. The maximum Gasteiger partial charge on any atom is 0.355 e. The van der Waals surface area contributed by atoms with E-state index >= 15 is 0 Å². The highest BCUT2D eigenvalue weighted by Gasteiger charge is 2.11. The molecule has 94 valence electrons. The fraction of sp³-hybridized carbons (Fsp3) is 0.0769. The summed E-state index contributed by atoms with van der Waals surface area (Å²) in [5.41, 5.74) is 0.888. The number of rotatable bonds is 1. The maximum atomic E-state index is 12.1. The van der Waals surface area contributed by atoms with Crippen LogP contribution in [0.15, 0.2) is 41.5 Å². The molecule has 0 atom stereocenters. The van der Waals surface area contributed by atoms with E-state index in [0.29, 0.717) is 16.2 Å². The molecule has 3 rings (SSSR count). The third kappa shape index (κ3) is 1.98. The summed E-state index contributed by atoms with van der Waals surface area (Å²) >= 11 is 6.01. The van der Waals surface area contributed by atoms with E-state index in [-0.39, 0.29) is 5.95 Å². The summed E-state index contributed by atoms with van der Waals surface area (Å²) in [7, 11) is 0. The van der Waals surface area contributed by atoms with Gasteiger partial charge in [-0.15, -0.1) is 0 Å². The summed E-state index contributed by atoms with van der Waals surface area (Å²) in [6, 6.07) is 6.99. The lowest BCUT2D eigenvalue weighted by atomic mass is 10.2. The second-order valence-corrected chi connectivity index (χ2v) is 4.46. The molecule has 0 aliphatic carbocycles. The lowest BCUT2D eigenvalue weighted by Gasteiger charge is -2.09. The van der Waals surface area contributed by atoms with Gasteiger partial charge in [0.05, 0.1) is 11.2 Å². The van der Waals surface area contributed by atoms with Crippen molar-refractivity contribution in [1.29, 1.82) is 0 Å². The van der Waals surface area contributed by atoms with E-state index in [0.717, 1.165) is 5.39 Å². The van der Waals surface area contributed by atoms with Gasteiger partial charge < -0.3 is 0 Å². The van der Waals surface area contributed by atoms with Gasteiger partial charge in [0.1, 0.15) is 0 Å². The van der Waals surface area contributed by atoms with Crippen LogP contribution in [0, 0.1) is 6.92 Å². The molecule has 0 bridgehead atoms. The Balaban J connectivity index is 2.48. The lowest BCUT2D eigenvalue weighted by molar-refractivity contribution is 0.867. The number of nitrogens with zero attached hydrogens (tertiary/aromatic N) is 4. The van der Waals surface area contributed by atoms with Gasteiger partial charge in [-0.05, 0) is 31.2 Å². The van der Waals surface area contributed by atoms with Crippen LogP contribution in [0.3, 0.4) is 0 Å². The Kier molecular flexibility index (Phi) is 2.76. The van der Waals surface area contributed by atoms with Gasteiger partial charge in [-0.3, -0.25) is 0 Å². The first kappa shape index (κ1) is 11.8. The molecule has 0 amide bonds. The Morgan fingerprint density at radius 3 is 2.68 bits per heavy atom. The van der Waals surface area contributed by atoms with Crippen molar-refractivity contribution < 1.29 is 0 Å². The smallest absolute Gasteiger partial charge is 0.245 e. The molecule has 1 aromatic carbocycles. The van der Waals surface area contributed by atoms with Crippen molar-refractivity contribution >= 4 is 22.5 Å². The van der Waals surface area contributed by atoms with Crippen LogP contribution < -0.4 is 5.69 Å². The minimum atomic E-state index is -0.418. The monoisotopic (exact) mass is 272 g/mol. The van der Waals surface area contributed by atoms with Crippen LogP contribution in [-0.4, -0.2) is 19.5 Å². The van der Waals surface area contributed by atoms with Gasteiger partial charge in [-0.2, -0.15) is 4.98 Å².